The summed E-state index contributed by atoms with van der Waals surface area (Å²) in [6.07, 6.45) is 7.42. The van der Waals surface area contributed by atoms with Crippen LogP contribution < -0.4 is 0 Å². The monoisotopic (exact) mass is 291 g/mol. The average Bonchev–Trinajstić information content (AvgIpc) is 3.16. The quantitative estimate of drug-likeness (QED) is 0.532. The van der Waals surface area contributed by atoms with Gasteiger partial charge in [0.25, 0.3) is 0 Å². The Morgan fingerprint density at radius 1 is 1.14 bits per heavy atom. The minimum Gasteiger partial charge on any atom is -0.289 e. The Morgan fingerprint density at radius 3 is 2.81 bits per heavy atom. The number of benzene rings is 2. The Labute approximate surface area is 126 Å². The van der Waals surface area contributed by atoms with Crippen molar-refractivity contribution in [2.45, 2.75) is 12.8 Å². The predicted octanol–water partition coefficient (Wildman–Crippen LogP) is 4.29. The molecule has 2 nitrogen and oxygen atoms in total. The SMILES string of the molecule is O=C(/C=C/c1cncs1)c1ccc2c3c(cccc13)CC2. The summed E-state index contributed by atoms with van der Waals surface area (Å²) in [4.78, 5) is 17.5. The fourth-order valence-electron chi connectivity index (χ4n) is 3.02. The number of allylic oxidation sites excluding steroid dienone is 1. The maximum atomic E-state index is 12.5. The lowest BCUT2D eigenvalue weighted by Gasteiger charge is -2.06. The van der Waals surface area contributed by atoms with E-state index in [9.17, 15) is 4.79 Å². The third kappa shape index (κ3) is 2.10. The van der Waals surface area contributed by atoms with Crippen LogP contribution in [0.2, 0.25) is 0 Å². The van der Waals surface area contributed by atoms with Gasteiger partial charge in [0.15, 0.2) is 5.78 Å². The van der Waals surface area contributed by atoms with Gasteiger partial charge in [-0.2, -0.15) is 0 Å². The Bertz CT molecular complexity index is 852. The van der Waals surface area contributed by atoms with E-state index in [4.69, 9.17) is 0 Å². The molecule has 1 heterocycles. The number of carbonyl (C=O) groups is 1. The van der Waals surface area contributed by atoms with Crippen molar-refractivity contribution >= 4 is 34.0 Å². The first-order chi connectivity index (χ1) is 10.3. The van der Waals surface area contributed by atoms with Gasteiger partial charge in [-0.05, 0) is 46.9 Å². The van der Waals surface area contributed by atoms with E-state index in [-0.39, 0.29) is 5.78 Å². The number of ketones is 1. The highest BCUT2D eigenvalue weighted by molar-refractivity contribution is 7.10. The Kier molecular flexibility index (Phi) is 2.93. The summed E-state index contributed by atoms with van der Waals surface area (Å²) in [6.45, 7) is 0. The van der Waals surface area contributed by atoms with Gasteiger partial charge in [-0.1, -0.05) is 30.3 Å². The van der Waals surface area contributed by atoms with Crippen LogP contribution in [0.3, 0.4) is 0 Å². The summed E-state index contributed by atoms with van der Waals surface area (Å²) >= 11 is 1.53. The van der Waals surface area contributed by atoms with Crippen molar-refractivity contribution in [1.82, 2.24) is 4.98 Å². The maximum absolute atomic E-state index is 12.5. The second-order valence-electron chi connectivity index (χ2n) is 5.21. The molecule has 0 amide bonds. The van der Waals surface area contributed by atoms with E-state index in [0.717, 1.165) is 28.7 Å². The van der Waals surface area contributed by atoms with Gasteiger partial charge in [-0.15, -0.1) is 11.3 Å². The Morgan fingerprint density at radius 2 is 2.00 bits per heavy atom. The lowest BCUT2D eigenvalue weighted by atomic mass is 9.97. The van der Waals surface area contributed by atoms with Gasteiger partial charge in [0.05, 0.1) is 5.51 Å². The molecule has 0 saturated heterocycles. The van der Waals surface area contributed by atoms with Crippen molar-refractivity contribution in [3.8, 4) is 0 Å². The molecule has 0 radical (unpaired) electrons. The van der Waals surface area contributed by atoms with Crippen LogP contribution in [0.5, 0.6) is 0 Å². The van der Waals surface area contributed by atoms with Crippen LogP contribution in [-0.4, -0.2) is 10.8 Å². The smallest absolute Gasteiger partial charge is 0.186 e. The number of rotatable bonds is 3. The summed E-state index contributed by atoms with van der Waals surface area (Å²) in [6, 6.07) is 10.3. The van der Waals surface area contributed by atoms with Crippen molar-refractivity contribution in [3.63, 3.8) is 0 Å². The highest BCUT2D eigenvalue weighted by Crippen LogP contribution is 2.33. The minimum atomic E-state index is 0.0546. The average molecular weight is 291 g/mol. The van der Waals surface area contributed by atoms with Gasteiger partial charge >= 0.3 is 0 Å². The molecule has 21 heavy (non-hydrogen) atoms. The number of carbonyl (C=O) groups excluding carboxylic acids is 1. The molecule has 1 aliphatic carbocycles. The van der Waals surface area contributed by atoms with Crippen molar-refractivity contribution in [3.05, 3.63) is 69.7 Å². The molecule has 0 unspecified atom stereocenters. The number of thiazole rings is 1. The van der Waals surface area contributed by atoms with Crippen LogP contribution in [-0.2, 0) is 12.8 Å². The molecule has 3 aromatic rings. The molecule has 0 spiro atoms. The first-order valence-corrected chi connectivity index (χ1v) is 7.85. The Hall–Kier alpha value is -2.26. The van der Waals surface area contributed by atoms with Gasteiger partial charge in [0, 0.05) is 16.6 Å². The second kappa shape index (κ2) is 4.93. The summed E-state index contributed by atoms with van der Waals surface area (Å²) in [5.41, 5.74) is 5.29. The van der Waals surface area contributed by atoms with Crippen molar-refractivity contribution < 1.29 is 4.79 Å². The highest BCUT2D eigenvalue weighted by atomic mass is 32.1. The van der Waals surface area contributed by atoms with Crippen LogP contribution in [0, 0.1) is 0 Å². The van der Waals surface area contributed by atoms with Crippen LogP contribution in [0.1, 0.15) is 26.4 Å². The molecule has 1 aromatic heterocycles. The molecule has 102 valence electrons. The highest BCUT2D eigenvalue weighted by Gasteiger charge is 2.17. The molecule has 0 fully saturated rings. The first kappa shape index (κ1) is 12.5. The van der Waals surface area contributed by atoms with Gasteiger partial charge < -0.3 is 0 Å². The summed E-state index contributed by atoms with van der Waals surface area (Å²) in [5, 5.41) is 2.37. The first-order valence-electron chi connectivity index (χ1n) is 6.97. The van der Waals surface area contributed by atoms with Gasteiger partial charge in [0.1, 0.15) is 0 Å². The molecule has 3 heteroatoms. The van der Waals surface area contributed by atoms with Gasteiger partial charge in [-0.3, -0.25) is 9.78 Å². The normalized spacial score (nSPS) is 13.3. The number of hydrogen-bond donors (Lipinski definition) is 0. The topological polar surface area (TPSA) is 30.0 Å². The number of nitrogens with zero attached hydrogens (tertiary/aromatic N) is 1. The fraction of sp³-hybridized carbons (Fsp3) is 0.111. The molecule has 0 atom stereocenters. The zero-order chi connectivity index (χ0) is 14.2. The minimum absolute atomic E-state index is 0.0546. The van der Waals surface area contributed by atoms with Crippen LogP contribution in [0.4, 0.5) is 0 Å². The number of aryl methyl sites for hydroxylation is 2. The van der Waals surface area contributed by atoms with Gasteiger partial charge in [-0.25, -0.2) is 0 Å². The molecular weight excluding hydrogens is 278 g/mol. The number of aromatic nitrogens is 1. The zero-order valence-corrected chi connectivity index (χ0v) is 12.2. The summed E-state index contributed by atoms with van der Waals surface area (Å²) in [5.74, 6) is 0.0546. The van der Waals surface area contributed by atoms with E-state index in [0.29, 0.717) is 0 Å². The van der Waals surface area contributed by atoms with E-state index in [1.807, 2.05) is 12.1 Å². The maximum Gasteiger partial charge on any atom is 0.186 e. The molecular formula is C18H13NOS. The van der Waals surface area contributed by atoms with E-state index in [1.165, 1.54) is 27.8 Å². The second-order valence-corrected chi connectivity index (χ2v) is 6.13. The standard InChI is InChI=1S/C18H13NOS/c20-17(9-7-14-10-19-11-21-14)15-8-6-13-5-4-12-2-1-3-16(15)18(12)13/h1-3,6-11H,4-5H2/b9-7+. The Balaban J connectivity index is 1.79. The van der Waals surface area contributed by atoms with E-state index in [1.54, 1.807) is 17.8 Å². The third-order valence-corrected chi connectivity index (χ3v) is 4.73. The molecule has 0 saturated carbocycles. The lowest BCUT2D eigenvalue weighted by molar-refractivity contribution is 0.104. The summed E-state index contributed by atoms with van der Waals surface area (Å²) < 4.78 is 0. The van der Waals surface area contributed by atoms with E-state index in [2.05, 4.69) is 29.2 Å². The van der Waals surface area contributed by atoms with Crippen LogP contribution in [0.15, 0.2) is 48.1 Å². The van der Waals surface area contributed by atoms with Crippen molar-refractivity contribution in [2.75, 3.05) is 0 Å². The molecule has 1 aliphatic rings. The largest absolute Gasteiger partial charge is 0.289 e. The third-order valence-electron chi connectivity index (χ3n) is 3.99. The van der Waals surface area contributed by atoms with Gasteiger partial charge in [0.2, 0.25) is 0 Å². The lowest BCUT2D eigenvalue weighted by Crippen LogP contribution is -1.96. The summed E-state index contributed by atoms with van der Waals surface area (Å²) in [7, 11) is 0. The van der Waals surface area contributed by atoms with Crippen molar-refractivity contribution in [1.29, 1.82) is 0 Å². The predicted molar refractivity (Wildman–Crippen MR) is 86.8 cm³/mol. The van der Waals surface area contributed by atoms with Crippen LogP contribution in [0.25, 0.3) is 16.8 Å². The fourth-order valence-corrected chi connectivity index (χ4v) is 3.53. The van der Waals surface area contributed by atoms with Crippen molar-refractivity contribution in [2.24, 2.45) is 0 Å². The molecule has 2 aromatic carbocycles. The molecule has 0 bridgehead atoms. The zero-order valence-electron chi connectivity index (χ0n) is 11.4. The van der Waals surface area contributed by atoms with E-state index < -0.39 is 0 Å². The molecule has 0 N–H and O–H groups in total. The number of hydrogen-bond acceptors (Lipinski definition) is 3. The van der Waals surface area contributed by atoms with E-state index >= 15 is 0 Å². The molecule has 4 rings (SSSR count). The molecule has 0 aliphatic heterocycles. The van der Waals surface area contributed by atoms with Crippen LogP contribution >= 0.6 is 11.3 Å².